The van der Waals surface area contributed by atoms with Crippen molar-refractivity contribution in [2.45, 2.75) is 71.9 Å². The van der Waals surface area contributed by atoms with Gasteiger partial charge in [0.25, 0.3) is 0 Å². The summed E-state index contributed by atoms with van der Waals surface area (Å²) >= 11 is 0. The van der Waals surface area contributed by atoms with E-state index < -0.39 is 0 Å². The van der Waals surface area contributed by atoms with Crippen molar-refractivity contribution in [1.82, 2.24) is 15.1 Å². The van der Waals surface area contributed by atoms with Crippen molar-refractivity contribution in [3.63, 3.8) is 0 Å². The van der Waals surface area contributed by atoms with Crippen LogP contribution in [-0.2, 0) is 6.42 Å². The second kappa shape index (κ2) is 7.26. The van der Waals surface area contributed by atoms with E-state index in [0.717, 1.165) is 24.8 Å². The van der Waals surface area contributed by atoms with Crippen LogP contribution in [-0.4, -0.2) is 22.4 Å². The van der Waals surface area contributed by atoms with Crippen LogP contribution in [0.4, 0.5) is 0 Å². The fourth-order valence-corrected chi connectivity index (χ4v) is 3.37. The molecule has 0 radical (unpaired) electrons. The Labute approximate surface area is 124 Å². The average molecular weight is 277 g/mol. The van der Waals surface area contributed by atoms with Crippen molar-refractivity contribution >= 4 is 0 Å². The van der Waals surface area contributed by atoms with Gasteiger partial charge >= 0.3 is 0 Å². The lowest BCUT2D eigenvalue weighted by Crippen LogP contribution is -2.41. The summed E-state index contributed by atoms with van der Waals surface area (Å²) in [5.41, 5.74) is 1.26. The van der Waals surface area contributed by atoms with Gasteiger partial charge < -0.3 is 5.32 Å². The molecule has 0 bridgehead atoms. The van der Waals surface area contributed by atoms with Crippen LogP contribution in [0.25, 0.3) is 0 Å². The molecule has 0 saturated heterocycles. The highest BCUT2D eigenvalue weighted by molar-refractivity contribution is 5.03. The second-order valence-corrected chi connectivity index (χ2v) is 6.82. The first kappa shape index (κ1) is 15.6. The molecule has 3 nitrogen and oxygen atoms in total. The van der Waals surface area contributed by atoms with Crippen LogP contribution >= 0.6 is 0 Å². The van der Waals surface area contributed by atoms with Crippen LogP contribution in [0.3, 0.4) is 0 Å². The van der Waals surface area contributed by atoms with Crippen molar-refractivity contribution < 1.29 is 0 Å². The van der Waals surface area contributed by atoms with E-state index in [0.29, 0.717) is 12.1 Å². The summed E-state index contributed by atoms with van der Waals surface area (Å²) in [7, 11) is 0. The average Bonchev–Trinajstić information content (AvgIpc) is 2.87. The molecule has 0 aromatic carbocycles. The molecule has 0 amide bonds. The van der Waals surface area contributed by atoms with Crippen LogP contribution in [0.5, 0.6) is 0 Å². The third-order valence-electron chi connectivity index (χ3n) is 4.57. The van der Waals surface area contributed by atoms with E-state index in [-0.39, 0.29) is 0 Å². The molecule has 1 fully saturated rings. The third-order valence-corrected chi connectivity index (χ3v) is 4.57. The van der Waals surface area contributed by atoms with Crippen LogP contribution in [0.1, 0.15) is 65.1 Å². The van der Waals surface area contributed by atoms with Crippen LogP contribution in [0, 0.1) is 11.8 Å². The first-order valence-electron chi connectivity index (χ1n) is 8.37. The summed E-state index contributed by atoms with van der Waals surface area (Å²) in [5.74, 6) is 1.62. The Morgan fingerprint density at radius 1 is 1.40 bits per heavy atom. The molecule has 3 unspecified atom stereocenters. The minimum atomic E-state index is 0.461. The van der Waals surface area contributed by atoms with Crippen molar-refractivity contribution in [2.24, 2.45) is 11.8 Å². The summed E-state index contributed by atoms with van der Waals surface area (Å²) in [4.78, 5) is 0. The van der Waals surface area contributed by atoms with E-state index in [2.05, 4.69) is 50.0 Å². The van der Waals surface area contributed by atoms with Gasteiger partial charge in [0, 0.05) is 18.3 Å². The Bertz CT molecular complexity index is 395. The van der Waals surface area contributed by atoms with Crippen molar-refractivity contribution in [3.8, 4) is 0 Å². The van der Waals surface area contributed by atoms with Gasteiger partial charge in [-0.15, -0.1) is 0 Å². The SMILES string of the molecule is CCCNC1CCC(C)CC1Cc1ccn(C(C)C)n1. The zero-order valence-electron chi connectivity index (χ0n) is 13.6. The van der Waals surface area contributed by atoms with Gasteiger partial charge in [-0.3, -0.25) is 4.68 Å². The summed E-state index contributed by atoms with van der Waals surface area (Å²) in [6.07, 6.45) is 8.53. The van der Waals surface area contributed by atoms with Gasteiger partial charge in [0.15, 0.2) is 0 Å². The molecular weight excluding hydrogens is 246 g/mol. The molecule has 3 atom stereocenters. The van der Waals surface area contributed by atoms with Gasteiger partial charge in [0.1, 0.15) is 0 Å². The molecule has 1 aromatic rings. The topological polar surface area (TPSA) is 29.9 Å². The molecule has 1 aliphatic carbocycles. The Balaban J connectivity index is 1.98. The van der Waals surface area contributed by atoms with E-state index in [1.54, 1.807) is 0 Å². The number of rotatable bonds is 6. The van der Waals surface area contributed by atoms with Gasteiger partial charge in [0.05, 0.1) is 5.69 Å². The van der Waals surface area contributed by atoms with Crippen LogP contribution in [0.2, 0.25) is 0 Å². The lowest BCUT2D eigenvalue weighted by Gasteiger charge is -2.35. The first-order chi connectivity index (χ1) is 9.60. The van der Waals surface area contributed by atoms with Crippen molar-refractivity contribution in [2.75, 3.05) is 6.54 Å². The maximum atomic E-state index is 4.73. The zero-order valence-corrected chi connectivity index (χ0v) is 13.6. The second-order valence-electron chi connectivity index (χ2n) is 6.82. The van der Waals surface area contributed by atoms with Gasteiger partial charge in [-0.1, -0.05) is 13.8 Å². The fraction of sp³-hybridized carbons (Fsp3) is 0.824. The highest BCUT2D eigenvalue weighted by Gasteiger charge is 2.28. The summed E-state index contributed by atoms with van der Waals surface area (Å²) in [6.45, 7) is 10.2. The lowest BCUT2D eigenvalue weighted by molar-refractivity contribution is 0.211. The molecule has 1 heterocycles. The monoisotopic (exact) mass is 277 g/mol. The first-order valence-corrected chi connectivity index (χ1v) is 8.37. The number of aromatic nitrogens is 2. The van der Waals surface area contributed by atoms with E-state index in [1.807, 2.05) is 0 Å². The van der Waals surface area contributed by atoms with E-state index in [1.165, 1.54) is 31.4 Å². The molecule has 3 heteroatoms. The molecule has 2 rings (SSSR count). The standard InChI is InChI=1S/C17H31N3/c1-5-9-18-17-7-6-14(4)11-15(17)12-16-8-10-20(19-16)13(2)3/h8,10,13-15,17-18H,5-7,9,11-12H2,1-4H3. The van der Waals surface area contributed by atoms with Crippen LogP contribution < -0.4 is 5.32 Å². The quantitative estimate of drug-likeness (QED) is 0.857. The highest BCUT2D eigenvalue weighted by atomic mass is 15.3. The van der Waals surface area contributed by atoms with Gasteiger partial charge in [-0.05, 0) is 70.4 Å². The Morgan fingerprint density at radius 2 is 2.20 bits per heavy atom. The van der Waals surface area contributed by atoms with E-state index >= 15 is 0 Å². The fourth-order valence-electron chi connectivity index (χ4n) is 3.37. The normalized spacial score (nSPS) is 27.1. The van der Waals surface area contributed by atoms with Gasteiger partial charge in [0.2, 0.25) is 0 Å². The molecule has 1 aromatic heterocycles. The lowest BCUT2D eigenvalue weighted by atomic mass is 9.76. The third kappa shape index (κ3) is 4.08. The van der Waals surface area contributed by atoms with Gasteiger partial charge in [-0.2, -0.15) is 5.10 Å². The number of nitrogens with zero attached hydrogens (tertiary/aromatic N) is 2. The molecule has 1 N–H and O–H groups in total. The maximum Gasteiger partial charge on any atom is 0.0628 e. The molecule has 0 spiro atoms. The molecule has 114 valence electrons. The maximum absolute atomic E-state index is 4.73. The van der Waals surface area contributed by atoms with E-state index in [4.69, 9.17) is 5.10 Å². The smallest absolute Gasteiger partial charge is 0.0628 e. The Kier molecular flexibility index (Phi) is 5.64. The van der Waals surface area contributed by atoms with Crippen LogP contribution in [0.15, 0.2) is 12.3 Å². The summed E-state index contributed by atoms with van der Waals surface area (Å²) in [6, 6.07) is 3.36. The Morgan fingerprint density at radius 3 is 2.85 bits per heavy atom. The molecule has 20 heavy (non-hydrogen) atoms. The molecule has 0 aliphatic heterocycles. The Hall–Kier alpha value is -0.830. The predicted octanol–water partition coefficient (Wildman–Crippen LogP) is 3.81. The summed E-state index contributed by atoms with van der Waals surface area (Å²) < 4.78 is 2.08. The number of hydrogen-bond acceptors (Lipinski definition) is 2. The van der Waals surface area contributed by atoms with Gasteiger partial charge in [-0.25, -0.2) is 0 Å². The van der Waals surface area contributed by atoms with E-state index in [9.17, 15) is 0 Å². The number of nitrogens with one attached hydrogen (secondary N) is 1. The van der Waals surface area contributed by atoms with Crippen molar-refractivity contribution in [1.29, 1.82) is 0 Å². The zero-order chi connectivity index (χ0) is 14.5. The minimum Gasteiger partial charge on any atom is -0.314 e. The molecular formula is C17H31N3. The number of hydrogen-bond donors (Lipinski definition) is 1. The highest BCUT2D eigenvalue weighted by Crippen LogP contribution is 2.31. The minimum absolute atomic E-state index is 0.461. The molecule has 1 saturated carbocycles. The molecule has 1 aliphatic rings. The van der Waals surface area contributed by atoms with Crippen molar-refractivity contribution in [3.05, 3.63) is 18.0 Å². The predicted molar refractivity (Wildman–Crippen MR) is 84.9 cm³/mol. The summed E-state index contributed by atoms with van der Waals surface area (Å²) in [5, 5.41) is 8.49. The largest absolute Gasteiger partial charge is 0.314 e.